The van der Waals surface area contributed by atoms with Gasteiger partial charge >= 0.3 is 5.97 Å². The first kappa shape index (κ1) is 17.0. The SMILES string of the molecule is Cc1[nH]c(=O)c(C#N)c(C)c1CC(=O)Nc1cccc(C(=O)O)c1. The maximum atomic E-state index is 12.2. The Kier molecular flexibility index (Phi) is 4.80. The number of nitrogens with one attached hydrogen (secondary N) is 2. The fourth-order valence-electron chi connectivity index (χ4n) is 2.41. The highest BCUT2D eigenvalue weighted by Crippen LogP contribution is 2.16. The number of hydrogen-bond acceptors (Lipinski definition) is 4. The van der Waals surface area contributed by atoms with Crippen molar-refractivity contribution in [2.45, 2.75) is 20.3 Å². The number of anilines is 1. The highest BCUT2D eigenvalue weighted by Gasteiger charge is 2.15. The average molecular weight is 325 g/mol. The summed E-state index contributed by atoms with van der Waals surface area (Å²) in [6.07, 6.45) is -0.0412. The molecule has 7 heteroatoms. The molecule has 7 nitrogen and oxygen atoms in total. The molecule has 0 radical (unpaired) electrons. The lowest BCUT2D eigenvalue weighted by molar-refractivity contribution is -0.115. The van der Waals surface area contributed by atoms with Crippen molar-refractivity contribution >= 4 is 17.6 Å². The lowest BCUT2D eigenvalue weighted by Crippen LogP contribution is -2.21. The number of rotatable bonds is 4. The van der Waals surface area contributed by atoms with E-state index in [1.165, 1.54) is 18.2 Å². The van der Waals surface area contributed by atoms with Crippen LogP contribution >= 0.6 is 0 Å². The number of carboxylic acids is 1. The highest BCUT2D eigenvalue weighted by molar-refractivity contribution is 5.95. The number of aromatic carboxylic acids is 1. The molecular weight excluding hydrogens is 310 g/mol. The molecule has 1 amide bonds. The zero-order valence-corrected chi connectivity index (χ0v) is 13.1. The van der Waals surface area contributed by atoms with Crippen LogP contribution in [0.15, 0.2) is 29.1 Å². The number of H-pyrrole nitrogens is 1. The van der Waals surface area contributed by atoms with Crippen molar-refractivity contribution in [3.63, 3.8) is 0 Å². The van der Waals surface area contributed by atoms with Crippen molar-refractivity contribution in [1.82, 2.24) is 4.98 Å². The van der Waals surface area contributed by atoms with Gasteiger partial charge < -0.3 is 15.4 Å². The summed E-state index contributed by atoms with van der Waals surface area (Å²) in [7, 11) is 0. The Morgan fingerprint density at radius 3 is 2.67 bits per heavy atom. The van der Waals surface area contributed by atoms with E-state index in [1.807, 2.05) is 6.07 Å². The zero-order valence-electron chi connectivity index (χ0n) is 13.1. The summed E-state index contributed by atoms with van der Waals surface area (Å²) in [5.41, 5.74) is 1.48. The van der Waals surface area contributed by atoms with E-state index in [9.17, 15) is 14.4 Å². The molecule has 2 rings (SSSR count). The molecule has 0 saturated heterocycles. The number of carbonyl (C=O) groups is 2. The van der Waals surface area contributed by atoms with Gasteiger partial charge in [0.25, 0.3) is 5.56 Å². The lowest BCUT2D eigenvalue weighted by Gasteiger charge is -2.11. The molecule has 1 heterocycles. The smallest absolute Gasteiger partial charge is 0.335 e. The first-order chi connectivity index (χ1) is 11.3. The van der Waals surface area contributed by atoms with E-state index in [2.05, 4.69) is 10.3 Å². The van der Waals surface area contributed by atoms with Crippen molar-refractivity contribution in [3.8, 4) is 6.07 Å². The molecule has 3 N–H and O–H groups in total. The second-order valence-corrected chi connectivity index (χ2v) is 5.28. The third kappa shape index (κ3) is 3.50. The summed E-state index contributed by atoms with van der Waals surface area (Å²) >= 11 is 0. The molecular formula is C17H15N3O4. The number of aromatic amines is 1. The number of pyridine rings is 1. The standard InChI is InChI=1S/C17H15N3O4/c1-9-13(10(2)19-16(22)14(9)8-18)7-15(21)20-12-5-3-4-11(6-12)17(23)24/h3-6H,7H2,1-2H3,(H,19,22)(H,20,21)(H,23,24). The van der Waals surface area contributed by atoms with Gasteiger partial charge in [-0.2, -0.15) is 5.26 Å². The molecule has 0 fully saturated rings. The van der Waals surface area contributed by atoms with E-state index in [4.69, 9.17) is 10.4 Å². The van der Waals surface area contributed by atoms with Gasteiger partial charge in [-0.25, -0.2) is 4.79 Å². The van der Waals surface area contributed by atoms with E-state index in [1.54, 1.807) is 19.9 Å². The second-order valence-electron chi connectivity index (χ2n) is 5.28. The molecule has 1 aromatic heterocycles. The number of carboxylic acid groups (broad SMARTS) is 1. The summed E-state index contributed by atoms with van der Waals surface area (Å²) in [5, 5.41) is 20.6. The molecule has 0 atom stereocenters. The molecule has 1 aromatic carbocycles. The van der Waals surface area contributed by atoms with Gasteiger partial charge in [0.15, 0.2) is 0 Å². The van der Waals surface area contributed by atoms with Crippen LogP contribution in [0.5, 0.6) is 0 Å². The van der Waals surface area contributed by atoms with E-state index < -0.39 is 11.5 Å². The predicted molar refractivity (Wildman–Crippen MR) is 87.0 cm³/mol. The molecule has 0 aliphatic heterocycles. The monoisotopic (exact) mass is 325 g/mol. The quantitative estimate of drug-likeness (QED) is 0.790. The Morgan fingerprint density at radius 1 is 1.33 bits per heavy atom. The Hall–Kier alpha value is -3.40. The van der Waals surface area contributed by atoms with Gasteiger partial charge in [0.2, 0.25) is 5.91 Å². The summed E-state index contributed by atoms with van der Waals surface area (Å²) < 4.78 is 0. The number of aromatic nitrogens is 1. The Balaban J connectivity index is 2.25. The summed E-state index contributed by atoms with van der Waals surface area (Å²) in [6, 6.07) is 7.72. The van der Waals surface area contributed by atoms with E-state index in [0.717, 1.165) is 0 Å². The molecule has 0 unspecified atom stereocenters. The largest absolute Gasteiger partial charge is 0.478 e. The fourth-order valence-corrected chi connectivity index (χ4v) is 2.41. The van der Waals surface area contributed by atoms with Gasteiger partial charge in [-0.15, -0.1) is 0 Å². The number of benzene rings is 1. The minimum atomic E-state index is -1.09. The minimum Gasteiger partial charge on any atom is -0.478 e. The first-order valence-electron chi connectivity index (χ1n) is 7.09. The van der Waals surface area contributed by atoms with Crippen molar-refractivity contribution < 1.29 is 14.7 Å². The fraction of sp³-hybridized carbons (Fsp3) is 0.176. The molecule has 0 aliphatic carbocycles. The average Bonchev–Trinajstić information content (AvgIpc) is 2.52. The van der Waals surface area contributed by atoms with Gasteiger partial charge in [-0.3, -0.25) is 9.59 Å². The molecule has 0 spiro atoms. The number of nitrogens with zero attached hydrogens (tertiary/aromatic N) is 1. The Labute approximate surface area is 137 Å². The maximum absolute atomic E-state index is 12.2. The molecule has 122 valence electrons. The number of aryl methyl sites for hydroxylation is 1. The third-order valence-electron chi connectivity index (χ3n) is 3.65. The predicted octanol–water partition coefficient (Wildman–Crippen LogP) is 1.74. The second kappa shape index (κ2) is 6.79. The first-order valence-corrected chi connectivity index (χ1v) is 7.09. The number of hydrogen-bond donors (Lipinski definition) is 3. The minimum absolute atomic E-state index is 0.0173. The van der Waals surface area contributed by atoms with Crippen molar-refractivity contribution in [3.05, 3.63) is 62.6 Å². The molecule has 24 heavy (non-hydrogen) atoms. The topological polar surface area (TPSA) is 123 Å². The van der Waals surface area contributed by atoms with Gasteiger partial charge in [0.1, 0.15) is 11.6 Å². The number of nitriles is 1. The molecule has 0 saturated carbocycles. The zero-order chi connectivity index (χ0) is 17.9. The van der Waals surface area contributed by atoms with Crippen LogP contribution in [-0.4, -0.2) is 22.0 Å². The molecule has 0 bridgehead atoms. The normalized spacial score (nSPS) is 10.0. The summed E-state index contributed by atoms with van der Waals surface area (Å²) in [6.45, 7) is 3.28. The van der Waals surface area contributed by atoms with Gasteiger partial charge in [0.05, 0.1) is 12.0 Å². The van der Waals surface area contributed by atoms with Crippen LogP contribution in [0.2, 0.25) is 0 Å². The van der Waals surface area contributed by atoms with Gasteiger partial charge in [-0.1, -0.05) is 6.07 Å². The Morgan fingerprint density at radius 2 is 2.04 bits per heavy atom. The molecule has 2 aromatic rings. The van der Waals surface area contributed by atoms with Crippen LogP contribution in [0.4, 0.5) is 5.69 Å². The van der Waals surface area contributed by atoms with Crippen LogP contribution in [0.3, 0.4) is 0 Å². The van der Waals surface area contributed by atoms with Crippen molar-refractivity contribution in [2.75, 3.05) is 5.32 Å². The highest BCUT2D eigenvalue weighted by atomic mass is 16.4. The van der Waals surface area contributed by atoms with E-state index in [0.29, 0.717) is 22.5 Å². The van der Waals surface area contributed by atoms with Crippen molar-refractivity contribution in [2.24, 2.45) is 0 Å². The maximum Gasteiger partial charge on any atom is 0.335 e. The van der Waals surface area contributed by atoms with Crippen LogP contribution in [0, 0.1) is 25.2 Å². The van der Waals surface area contributed by atoms with E-state index >= 15 is 0 Å². The third-order valence-corrected chi connectivity index (χ3v) is 3.65. The number of amides is 1. The summed E-state index contributed by atoms with van der Waals surface area (Å²) in [5.74, 6) is -1.46. The van der Waals surface area contributed by atoms with Gasteiger partial charge in [0, 0.05) is 11.4 Å². The Bertz CT molecular complexity index is 922. The lowest BCUT2D eigenvalue weighted by atomic mass is 10.00. The number of carbonyl (C=O) groups excluding carboxylic acids is 1. The van der Waals surface area contributed by atoms with E-state index in [-0.39, 0.29) is 23.5 Å². The van der Waals surface area contributed by atoms with Gasteiger partial charge in [-0.05, 0) is 43.2 Å². The van der Waals surface area contributed by atoms with Crippen LogP contribution in [0.25, 0.3) is 0 Å². The summed E-state index contributed by atoms with van der Waals surface area (Å²) in [4.78, 5) is 37.4. The van der Waals surface area contributed by atoms with Crippen LogP contribution < -0.4 is 10.9 Å². The van der Waals surface area contributed by atoms with Crippen LogP contribution in [-0.2, 0) is 11.2 Å². The van der Waals surface area contributed by atoms with Crippen molar-refractivity contribution in [1.29, 1.82) is 5.26 Å². The van der Waals surface area contributed by atoms with Crippen LogP contribution in [0.1, 0.15) is 32.7 Å². The molecule has 0 aliphatic rings.